The third-order valence-corrected chi connectivity index (χ3v) is 6.72. The Balaban J connectivity index is 0.00000300. The van der Waals surface area contributed by atoms with E-state index in [4.69, 9.17) is 14.2 Å². The van der Waals surface area contributed by atoms with Crippen LogP contribution in [0.2, 0.25) is 0 Å². The van der Waals surface area contributed by atoms with Crippen LogP contribution in [-0.2, 0) is 11.3 Å². The molecule has 0 saturated carbocycles. The molecule has 2 fully saturated rings. The van der Waals surface area contributed by atoms with Gasteiger partial charge in [-0.2, -0.15) is 11.8 Å². The summed E-state index contributed by atoms with van der Waals surface area (Å²) in [6.45, 7) is 5.25. The maximum absolute atomic E-state index is 5.55. The average Bonchev–Trinajstić information content (AvgIpc) is 3.24. The van der Waals surface area contributed by atoms with Crippen molar-refractivity contribution in [2.45, 2.75) is 18.5 Å². The number of rotatable bonds is 7. The van der Waals surface area contributed by atoms with Crippen LogP contribution in [-0.4, -0.2) is 82.0 Å². The lowest BCUT2D eigenvalue weighted by atomic mass is 9.95. The van der Waals surface area contributed by atoms with Crippen LogP contribution in [0.15, 0.2) is 23.2 Å². The molecule has 2 saturated heterocycles. The second-order valence-electron chi connectivity index (χ2n) is 7.10. The van der Waals surface area contributed by atoms with E-state index in [1.807, 2.05) is 37.0 Å². The Labute approximate surface area is 195 Å². The predicted octanol–water partition coefficient (Wildman–Crippen LogP) is 2.19. The van der Waals surface area contributed by atoms with Crippen molar-refractivity contribution in [3.05, 3.63) is 23.8 Å². The predicted molar refractivity (Wildman–Crippen MR) is 130 cm³/mol. The molecule has 1 aromatic carbocycles. The molecule has 0 aliphatic carbocycles. The van der Waals surface area contributed by atoms with E-state index in [1.54, 1.807) is 14.2 Å². The van der Waals surface area contributed by atoms with Gasteiger partial charge in [-0.1, -0.05) is 6.07 Å². The monoisotopic (exact) mass is 536 g/mol. The highest BCUT2D eigenvalue weighted by Crippen LogP contribution is 2.33. The molecular formula is C20H33IN4O3S. The summed E-state index contributed by atoms with van der Waals surface area (Å²) in [5.74, 6) is 4.67. The van der Waals surface area contributed by atoms with Gasteiger partial charge >= 0.3 is 0 Å². The summed E-state index contributed by atoms with van der Waals surface area (Å²) in [6, 6.07) is 5.95. The van der Waals surface area contributed by atoms with E-state index in [1.165, 1.54) is 12.2 Å². The van der Waals surface area contributed by atoms with Crippen molar-refractivity contribution in [2.75, 3.05) is 65.6 Å². The summed E-state index contributed by atoms with van der Waals surface area (Å²) in [4.78, 5) is 7.01. The van der Waals surface area contributed by atoms with Crippen LogP contribution in [0, 0.1) is 0 Å². The first-order valence-electron chi connectivity index (χ1n) is 9.77. The van der Waals surface area contributed by atoms with Crippen LogP contribution in [0.3, 0.4) is 0 Å². The Morgan fingerprint density at radius 1 is 1.21 bits per heavy atom. The fraction of sp³-hybridized carbons (Fsp3) is 0.650. The van der Waals surface area contributed by atoms with Crippen LogP contribution >= 0.6 is 35.7 Å². The summed E-state index contributed by atoms with van der Waals surface area (Å²) in [6.07, 6.45) is 1.21. The number of nitrogens with one attached hydrogen (secondary N) is 2. The van der Waals surface area contributed by atoms with Crippen LogP contribution in [0.1, 0.15) is 12.0 Å². The molecule has 0 radical (unpaired) electrons. The third kappa shape index (κ3) is 6.28. The number of aliphatic imine (C=N–C) groups is 1. The minimum absolute atomic E-state index is 0. The Kier molecular flexibility index (Phi) is 10.1. The quantitative estimate of drug-likeness (QED) is 0.315. The van der Waals surface area contributed by atoms with Crippen LogP contribution < -0.4 is 20.1 Å². The van der Waals surface area contributed by atoms with Crippen molar-refractivity contribution in [3.8, 4) is 11.5 Å². The maximum Gasteiger partial charge on any atom is 0.191 e. The number of benzene rings is 1. The highest BCUT2D eigenvalue weighted by Gasteiger charge is 2.40. The zero-order valence-corrected chi connectivity index (χ0v) is 20.7. The minimum atomic E-state index is 0. The second-order valence-corrected chi connectivity index (χ2v) is 8.20. The lowest BCUT2D eigenvalue weighted by Gasteiger charge is -2.43. The number of guanidine groups is 1. The summed E-state index contributed by atoms with van der Waals surface area (Å²) in [5, 5.41) is 6.97. The number of ether oxygens (including phenoxy) is 3. The summed E-state index contributed by atoms with van der Waals surface area (Å²) in [5.41, 5.74) is 1.30. The van der Waals surface area contributed by atoms with Gasteiger partial charge in [-0.05, 0) is 29.9 Å². The molecular weight excluding hydrogens is 503 g/mol. The molecule has 2 aliphatic heterocycles. The molecule has 29 heavy (non-hydrogen) atoms. The number of hydrogen-bond donors (Lipinski definition) is 2. The van der Waals surface area contributed by atoms with Gasteiger partial charge in [0.05, 0.1) is 27.4 Å². The Hall–Kier alpha value is -0.910. The average molecular weight is 536 g/mol. The van der Waals surface area contributed by atoms with E-state index in [-0.39, 0.29) is 29.5 Å². The van der Waals surface area contributed by atoms with Gasteiger partial charge in [0.15, 0.2) is 17.5 Å². The first kappa shape index (κ1) is 24.4. The van der Waals surface area contributed by atoms with Gasteiger partial charge in [0.1, 0.15) is 0 Å². The van der Waals surface area contributed by atoms with E-state index in [9.17, 15) is 0 Å². The van der Waals surface area contributed by atoms with Crippen LogP contribution in [0.25, 0.3) is 0 Å². The fourth-order valence-corrected chi connectivity index (χ4v) is 5.26. The molecule has 7 nitrogen and oxygen atoms in total. The van der Waals surface area contributed by atoms with E-state index in [2.05, 4.69) is 20.5 Å². The molecule has 1 aromatic rings. The molecule has 164 valence electrons. The number of thioether (sulfide) groups is 1. The van der Waals surface area contributed by atoms with Crippen molar-refractivity contribution >= 4 is 41.7 Å². The number of nitrogens with zero attached hydrogens (tertiary/aromatic N) is 2. The third-order valence-electron chi connectivity index (χ3n) is 5.48. The first-order chi connectivity index (χ1) is 13.7. The lowest BCUT2D eigenvalue weighted by Crippen LogP contribution is -2.60. The Morgan fingerprint density at radius 3 is 2.59 bits per heavy atom. The molecule has 3 rings (SSSR count). The Morgan fingerprint density at radius 2 is 1.97 bits per heavy atom. The van der Waals surface area contributed by atoms with Gasteiger partial charge in [0.25, 0.3) is 0 Å². The number of morpholine rings is 1. The molecule has 1 atom stereocenters. The number of halogens is 1. The van der Waals surface area contributed by atoms with Crippen LogP contribution in [0.5, 0.6) is 11.5 Å². The SMILES string of the molecule is CN=C(NCc1ccc(OC)c(OC)c1)NCC1(N2CCOCC2)CCSC1.I. The van der Waals surface area contributed by atoms with Gasteiger partial charge in [-0.3, -0.25) is 9.89 Å². The normalized spacial score (nSPS) is 22.7. The molecule has 0 bridgehead atoms. The van der Waals surface area contributed by atoms with Crippen molar-refractivity contribution in [2.24, 2.45) is 4.99 Å². The molecule has 1 unspecified atom stereocenters. The first-order valence-corrected chi connectivity index (χ1v) is 10.9. The van der Waals surface area contributed by atoms with E-state index in [0.717, 1.165) is 61.6 Å². The summed E-state index contributed by atoms with van der Waals surface area (Å²) >= 11 is 2.04. The number of methoxy groups -OCH3 is 2. The molecule has 2 aliphatic rings. The van der Waals surface area contributed by atoms with Gasteiger partial charge < -0.3 is 24.8 Å². The smallest absolute Gasteiger partial charge is 0.191 e. The lowest BCUT2D eigenvalue weighted by molar-refractivity contribution is -0.0120. The number of hydrogen-bond acceptors (Lipinski definition) is 6. The van der Waals surface area contributed by atoms with Crippen molar-refractivity contribution in [1.82, 2.24) is 15.5 Å². The van der Waals surface area contributed by atoms with Crippen LogP contribution in [0.4, 0.5) is 0 Å². The summed E-state index contributed by atoms with van der Waals surface area (Å²) in [7, 11) is 5.11. The van der Waals surface area contributed by atoms with Gasteiger partial charge in [-0.25, -0.2) is 0 Å². The largest absolute Gasteiger partial charge is 0.493 e. The van der Waals surface area contributed by atoms with Crippen molar-refractivity contribution < 1.29 is 14.2 Å². The zero-order chi connectivity index (χ0) is 19.8. The fourth-order valence-electron chi connectivity index (χ4n) is 3.78. The Bertz CT molecular complexity index is 665. The van der Waals surface area contributed by atoms with Gasteiger partial charge in [0.2, 0.25) is 0 Å². The summed E-state index contributed by atoms with van der Waals surface area (Å²) < 4.78 is 16.2. The highest BCUT2D eigenvalue weighted by atomic mass is 127. The molecule has 0 aromatic heterocycles. The topological polar surface area (TPSA) is 67.4 Å². The van der Waals surface area contributed by atoms with E-state index >= 15 is 0 Å². The molecule has 2 heterocycles. The molecule has 0 amide bonds. The second kappa shape index (κ2) is 12.1. The van der Waals surface area contributed by atoms with Gasteiger partial charge in [-0.15, -0.1) is 24.0 Å². The maximum atomic E-state index is 5.55. The van der Waals surface area contributed by atoms with E-state index < -0.39 is 0 Å². The molecule has 9 heteroatoms. The van der Waals surface area contributed by atoms with Crippen molar-refractivity contribution in [3.63, 3.8) is 0 Å². The van der Waals surface area contributed by atoms with E-state index in [0.29, 0.717) is 6.54 Å². The molecule has 2 N–H and O–H groups in total. The molecule has 0 spiro atoms. The highest BCUT2D eigenvalue weighted by molar-refractivity contribution is 14.0. The standard InChI is InChI=1S/C20H32N4O3S.HI/c1-21-19(22-13-16-4-5-17(25-2)18(12-16)26-3)23-14-20(6-11-28-15-20)24-7-9-27-10-8-24;/h4-5,12H,6-11,13-15H2,1-3H3,(H2,21,22,23);1H. The minimum Gasteiger partial charge on any atom is -0.493 e. The van der Waals surface area contributed by atoms with Gasteiger partial charge in [0, 0.05) is 44.5 Å². The van der Waals surface area contributed by atoms with Crippen molar-refractivity contribution in [1.29, 1.82) is 0 Å². The zero-order valence-electron chi connectivity index (χ0n) is 17.5.